The Morgan fingerprint density at radius 2 is 1.80 bits per heavy atom. The van der Waals surface area contributed by atoms with Gasteiger partial charge in [-0.1, -0.05) is 30.3 Å². The van der Waals surface area contributed by atoms with Gasteiger partial charge in [-0.15, -0.1) is 0 Å². The molecule has 1 N–H and O–H groups in total. The Morgan fingerprint density at radius 3 is 2.40 bits per heavy atom. The van der Waals surface area contributed by atoms with E-state index >= 15 is 0 Å². The Morgan fingerprint density at radius 1 is 1.15 bits per heavy atom. The SMILES string of the molecule is COC(=O)C(NC(=O)N1CCCCC1)c1ccccc1. The number of piperidine rings is 1. The molecular formula is C15H20N2O3. The molecule has 0 radical (unpaired) electrons. The first-order valence-electron chi connectivity index (χ1n) is 6.90. The quantitative estimate of drug-likeness (QED) is 0.860. The lowest BCUT2D eigenvalue weighted by Gasteiger charge is -2.28. The zero-order valence-corrected chi connectivity index (χ0v) is 11.7. The van der Waals surface area contributed by atoms with E-state index in [2.05, 4.69) is 5.32 Å². The van der Waals surface area contributed by atoms with Crippen molar-refractivity contribution in [2.45, 2.75) is 25.3 Å². The number of esters is 1. The number of carbonyl (C=O) groups is 2. The van der Waals surface area contributed by atoms with E-state index in [1.54, 1.807) is 17.0 Å². The van der Waals surface area contributed by atoms with E-state index in [1.807, 2.05) is 18.2 Å². The Balaban J connectivity index is 2.08. The first kappa shape index (κ1) is 14.4. The minimum atomic E-state index is -0.754. The first-order valence-corrected chi connectivity index (χ1v) is 6.90. The van der Waals surface area contributed by atoms with Gasteiger partial charge in [-0.3, -0.25) is 0 Å². The molecule has 1 atom stereocenters. The van der Waals surface area contributed by atoms with Gasteiger partial charge in [0, 0.05) is 13.1 Å². The second-order valence-corrected chi connectivity index (χ2v) is 4.86. The highest BCUT2D eigenvalue weighted by Gasteiger charge is 2.26. The smallest absolute Gasteiger partial charge is 0.333 e. The summed E-state index contributed by atoms with van der Waals surface area (Å²) in [6.45, 7) is 1.49. The van der Waals surface area contributed by atoms with E-state index in [0.29, 0.717) is 0 Å². The molecule has 2 amide bonds. The van der Waals surface area contributed by atoms with E-state index in [-0.39, 0.29) is 6.03 Å². The third-order valence-electron chi connectivity index (χ3n) is 3.48. The summed E-state index contributed by atoms with van der Waals surface area (Å²) in [7, 11) is 1.32. The number of benzene rings is 1. The Kier molecular flexibility index (Phi) is 4.98. The fraction of sp³-hybridized carbons (Fsp3) is 0.467. The third kappa shape index (κ3) is 3.50. The van der Waals surface area contributed by atoms with Crippen molar-refractivity contribution in [1.82, 2.24) is 10.2 Å². The molecule has 1 aliphatic heterocycles. The van der Waals surface area contributed by atoms with Crippen LogP contribution in [0.3, 0.4) is 0 Å². The van der Waals surface area contributed by atoms with E-state index in [0.717, 1.165) is 37.9 Å². The van der Waals surface area contributed by atoms with Crippen LogP contribution in [-0.4, -0.2) is 37.1 Å². The number of likely N-dealkylation sites (tertiary alicyclic amines) is 1. The van der Waals surface area contributed by atoms with Crippen molar-refractivity contribution in [2.75, 3.05) is 20.2 Å². The van der Waals surface area contributed by atoms with Gasteiger partial charge >= 0.3 is 12.0 Å². The van der Waals surface area contributed by atoms with Crippen LogP contribution in [0, 0.1) is 0 Å². The highest BCUT2D eigenvalue weighted by molar-refractivity contribution is 5.84. The fourth-order valence-corrected chi connectivity index (χ4v) is 2.35. The summed E-state index contributed by atoms with van der Waals surface area (Å²) in [4.78, 5) is 25.8. The lowest BCUT2D eigenvalue weighted by molar-refractivity contribution is -0.143. The van der Waals surface area contributed by atoms with E-state index in [9.17, 15) is 9.59 Å². The summed E-state index contributed by atoms with van der Waals surface area (Å²) in [5, 5.41) is 2.77. The van der Waals surface area contributed by atoms with Crippen LogP contribution in [0.1, 0.15) is 30.9 Å². The Labute approximate surface area is 118 Å². The molecule has 1 fully saturated rings. The summed E-state index contributed by atoms with van der Waals surface area (Å²) in [5.74, 6) is -0.457. The van der Waals surface area contributed by atoms with E-state index < -0.39 is 12.0 Å². The van der Waals surface area contributed by atoms with Crippen LogP contribution in [0.15, 0.2) is 30.3 Å². The second-order valence-electron chi connectivity index (χ2n) is 4.86. The topological polar surface area (TPSA) is 58.6 Å². The van der Waals surface area contributed by atoms with Gasteiger partial charge in [0.05, 0.1) is 7.11 Å². The lowest BCUT2D eigenvalue weighted by Crippen LogP contribution is -2.46. The maximum atomic E-state index is 12.2. The van der Waals surface area contributed by atoms with E-state index in [4.69, 9.17) is 4.74 Å². The normalized spacial score (nSPS) is 16.4. The predicted molar refractivity (Wildman–Crippen MR) is 75.2 cm³/mol. The summed E-state index contributed by atoms with van der Waals surface area (Å²) in [6.07, 6.45) is 3.19. The number of carbonyl (C=O) groups excluding carboxylic acids is 2. The van der Waals surface area contributed by atoms with Crippen LogP contribution in [0.5, 0.6) is 0 Å². The molecule has 1 aromatic carbocycles. The monoisotopic (exact) mass is 276 g/mol. The van der Waals surface area contributed by atoms with Crippen molar-refractivity contribution in [3.8, 4) is 0 Å². The molecule has 1 heterocycles. The van der Waals surface area contributed by atoms with Crippen molar-refractivity contribution in [3.05, 3.63) is 35.9 Å². The van der Waals surface area contributed by atoms with Crippen molar-refractivity contribution < 1.29 is 14.3 Å². The Bertz CT molecular complexity index is 455. The summed E-state index contributed by atoms with van der Waals surface area (Å²) < 4.78 is 4.78. The number of methoxy groups -OCH3 is 1. The van der Waals surface area contributed by atoms with Crippen LogP contribution in [0.25, 0.3) is 0 Å². The molecular weight excluding hydrogens is 256 g/mol. The van der Waals surface area contributed by atoms with Crippen LogP contribution >= 0.6 is 0 Å². The molecule has 0 spiro atoms. The number of nitrogens with zero attached hydrogens (tertiary/aromatic N) is 1. The highest BCUT2D eigenvalue weighted by atomic mass is 16.5. The molecule has 20 heavy (non-hydrogen) atoms. The summed E-state index contributed by atoms with van der Waals surface area (Å²) in [5.41, 5.74) is 0.727. The van der Waals surface area contributed by atoms with Gasteiger partial charge in [0.2, 0.25) is 0 Å². The Hall–Kier alpha value is -2.04. The van der Waals surface area contributed by atoms with E-state index in [1.165, 1.54) is 7.11 Å². The number of hydrogen-bond donors (Lipinski definition) is 1. The molecule has 1 saturated heterocycles. The number of nitrogens with one attached hydrogen (secondary N) is 1. The van der Waals surface area contributed by atoms with Gasteiger partial charge in [-0.05, 0) is 24.8 Å². The minimum Gasteiger partial charge on any atom is -0.467 e. The number of amides is 2. The van der Waals surface area contributed by atoms with Gasteiger partial charge in [0.25, 0.3) is 0 Å². The van der Waals surface area contributed by atoms with Crippen molar-refractivity contribution in [3.63, 3.8) is 0 Å². The second kappa shape index (κ2) is 6.93. The van der Waals surface area contributed by atoms with Gasteiger partial charge in [-0.25, -0.2) is 9.59 Å². The minimum absolute atomic E-state index is 0.205. The van der Waals surface area contributed by atoms with Gasteiger partial charge in [0.15, 0.2) is 6.04 Å². The lowest BCUT2D eigenvalue weighted by atomic mass is 10.1. The summed E-state index contributed by atoms with van der Waals surface area (Å²) >= 11 is 0. The number of hydrogen-bond acceptors (Lipinski definition) is 3. The molecule has 1 unspecified atom stereocenters. The number of urea groups is 1. The molecule has 108 valence electrons. The van der Waals surface area contributed by atoms with Gasteiger partial charge in [-0.2, -0.15) is 0 Å². The molecule has 5 heteroatoms. The molecule has 0 aromatic heterocycles. The van der Waals surface area contributed by atoms with Crippen LogP contribution in [-0.2, 0) is 9.53 Å². The van der Waals surface area contributed by atoms with Crippen LogP contribution in [0.2, 0.25) is 0 Å². The molecule has 1 aromatic rings. The zero-order valence-electron chi connectivity index (χ0n) is 11.7. The molecule has 0 bridgehead atoms. The zero-order chi connectivity index (χ0) is 14.4. The average molecular weight is 276 g/mol. The fourth-order valence-electron chi connectivity index (χ4n) is 2.35. The average Bonchev–Trinajstić information content (AvgIpc) is 2.53. The number of ether oxygens (including phenoxy) is 1. The first-order chi connectivity index (χ1) is 9.72. The maximum Gasteiger partial charge on any atom is 0.333 e. The molecule has 1 aliphatic rings. The van der Waals surface area contributed by atoms with Crippen molar-refractivity contribution in [1.29, 1.82) is 0 Å². The van der Waals surface area contributed by atoms with Gasteiger partial charge in [0.1, 0.15) is 0 Å². The largest absolute Gasteiger partial charge is 0.467 e. The molecule has 5 nitrogen and oxygen atoms in total. The molecule has 0 saturated carbocycles. The summed E-state index contributed by atoms with van der Waals surface area (Å²) in [6, 6.07) is 8.18. The van der Waals surface area contributed by atoms with Crippen LogP contribution in [0.4, 0.5) is 4.79 Å². The highest BCUT2D eigenvalue weighted by Crippen LogP contribution is 2.16. The predicted octanol–water partition coefficient (Wildman–Crippen LogP) is 2.10. The van der Waals surface area contributed by atoms with Gasteiger partial charge < -0.3 is 15.0 Å². The third-order valence-corrected chi connectivity index (χ3v) is 3.48. The van der Waals surface area contributed by atoms with Crippen molar-refractivity contribution in [2.24, 2.45) is 0 Å². The standard InChI is InChI=1S/C15H20N2O3/c1-20-14(18)13(12-8-4-2-5-9-12)16-15(19)17-10-6-3-7-11-17/h2,4-5,8-9,13H,3,6-7,10-11H2,1H3,(H,16,19). The molecule has 2 rings (SSSR count). The molecule has 0 aliphatic carbocycles. The van der Waals surface area contributed by atoms with Crippen molar-refractivity contribution >= 4 is 12.0 Å². The van der Waals surface area contributed by atoms with Crippen LogP contribution < -0.4 is 5.32 Å². The number of rotatable bonds is 3. The maximum absolute atomic E-state index is 12.2.